The fraction of sp³-hybridized carbons (Fsp3) is 0.333. The minimum Gasteiger partial charge on any atom is -0.298 e. The SMILES string of the molecule is CC(=O)C(C)NS(=O)(=O)Cc1ccc(C#N)cc1. The van der Waals surface area contributed by atoms with Crippen molar-refractivity contribution in [3.63, 3.8) is 0 Å². The lowest BCUT2D eigenvalue weighted by Crippen LogP contribution is -2.37. The molecule has 0 saturated heterocycles. The molecule has 0 fully saturated rings. The molecule has 1 N–H and O–H groups in total. The molecule has 0 amide bonds. The van der Waals surface area contributed by atoms with Gasteiger partial charge in [-0.05, 0) is 31.5 Å². The van der Waals surface area contributed by atoms with E-state index >= 15 is 0 Å². The maximum Gasteiger partial charge on any atom is 0.216 e. The fourth-order valence-corrected chi connectivity index (χ4v) is 2.71. The molecule has 5 nitrogen and oxygen atoms in total. The summed E-state index contributed by atoms with van der Waals surface area (Å²) in [7, 11) is -3.55. The molecular formula is C12H14N2O3S. The van der Waals surface area contributed by atoms with Crippen LogP contribution in [0.1, 0.15) is 25.0 Å². The number of hydrogen-bond donors (Lipinski definition) is 1. The zero-order valence-electron chi connectivity index (χ0n) is 10.2. The first-order chi connectivity index (χ1) is 8.34. The Kier molecular flexibility index (Phi) is 4.59. The molecule has 18 heavy (non-hydrogen) atoms. The van der Waals surface area contributed by atoms with Crippen LogP contribution < -0.4 is 4.72 Å². The van der Waals surface area contributed by atoms with E-state index in [9.17, 15) is 13.2 Å². The molecule has 1 rings (SSSR count). The largest absolute Gasteiger partial charge is 0.298 e. The smallest absolute Gasteiger partial charge is 0.216 e. The Labute approximate surface area is 106 Å². The number of carbonyl (C=O) groups is 1. The van der Waals surface area contributed by atoms with Gasteiger partial charge in [0.15, 0.2) is 0 Å². The van der Waals surface area contributed by atoms with Crippen LogP contribution in [0, 0.1) is 11.3 Å². The van der Waals surface area contributed by atoms with Gasteiger partial charge in [-0.2, -0.15) is 5.26 Å². The molecule has 1 unspecified atom stereocenters. The minimum atomic E-state index is -3.55. The summed E-state index contributed by atoms with van der Waals surface area (Å²) < 4.78 is 25.8. The average Bonchev–Trinajstić information content (AvgIpc) is 2.28. The maximum absolute atomic E-state index is 11.7. The molecule has 96 valence electrons. The number of sulfonamides is 1. The number of benzene rings is 1. The van der Waals surface area contributed by atoms with Crippen molar-refractivity contribution >= 4 is 15.8 Å². The molecule has 6 heteroatoms. The predicted molar refractivity (Wildman–Crippen MR) is 67.1 cm³/mol. The third kappa shape index (κ3) is 4.28. The predicted octanol–water partition coefficient (Wildman–Crippen LogP) is 0.955. The standard InChI is InChI=1S/C12H14N2O3S/c1-9(10(2)15)14-18(16,17)8-12-5-3-11(7-13)4-6-12/h3-6,9,14H,8H2,1-2H3. The lowest BCUT2D eigenvalue weighted by molar-refractivity contribution is -0.118. The van der Waals surface area contributed by atoms with E-state index < -0.39 is 16.1 Å². The van der Waals surface area contributed by atoms with E-state index in [0.29, 0.717) is 11.1 Å². The van der Waals surface area contributed by atoms with Gasteiger partial charge < -0.3 is 0 Å². The molecule has 0 aliphatic carbocycles. The van der Waals surface area contributed by atoms with Crippen LogP contribution in [0.25, 0.3) is 0 Å². The van der Waals surface area contributed by atoms with Crippen LogP contribution in [0.5, 0.6) is 0 Å². The molecule has 0 spiro atoms. The summed E-state index contributed by atoms with van der Waals surface area (Å²) in [6.07, 6.45) is 0. The monoisotopic (exact) mass is 266 g/mol. The zero-order chi connectivity index (χ0) is 13.8. The average molecular weight is 266 g/mol. The first-order valence-corrected chi connectivity index (χ1v) is 6.99. The van der Waals surface area contributed by atoms with E-state index in [-0.39, 0.29) is 11.5 Å². The van der Waals surface area contributed by atoms with Crippen molar-refractivity contribution in [3.8, 4) is 6.07 Å². The highest BCUT2D eigenvalue weighted by Gasteiger charge is 2.17. The van der Waals surface area contributed by atoms with Crippen molar-refractivity contribution in [2.45, 2.75) is 25.6 Å². The first kappa shape index (κ1) is 14.4. The van der Waals surface area contributed by atoms with Crippen LogP contribution >= 0.6 is 0 Å². The van der Waals surface area contributed by atoms with Crippen molar-refractivity contribution in [3.05, 3.63) is 35.4 Å². The summed E-state index contributed by atoms with van der Waals surface area (Å²) in [6, 6.07) is 7.49. The summed E-state index contributed by atoms with van der Waals surface area (Å²) in [5.41, 5.74) is 1.04. The lowest BCUT2D eigenvalue weighted by Gasteiger charge is -2.11. The van der Waals surface area contributed by atoms with Crippen molar-refractivity contribution in [2.75, 3.05) is 0 Å². The summed E-state index contributed by atoms with van der Waals surface area (Å²) in [4.78, 5) is 11.0. The van der Waals surface area contributed by atoms with E-state index in [2.05, 4.69) is 4.72 Å². The fourth-order valence-electron chi connectivity index (χ4n) is 1.29. The number of carbonyl (C=O) groups excluding carboxylic acids is 1. The maximum atomic E-state index is 11.7. The lowest BCUT2D eigenvalue weighted by atomic mass is 10.2. The molecule has 0 aromatic heterocycles. The Morgan fingerprint density at radius 1 is 1.39 bits per heavy atom. The third-order valence-electron chi connectivity index (χ3n) is 2.41. The van der Waals surface area contributed by atoms with Gasteiger partial charge in [0.1, 0.15) is 5.78 Å². The van der Waals surface area contributed by atoms with E-state index in [1.807, 2.05) is 6.07 Å². The van der Waals surface area contributed by atoms with E-state index in [4.69, 9.17) is 5.26 Å². The van der Waals surface area contributed by atoms with Gasteiger partial charge >= 0.3 is 0 Å². The Bertz CT molecular complexity index is 570. The Morgan fingerprint density at radius 2 is 1.94 bits per heavy atom. The number of ketones is 1. The summed E-state index contributed by atoms with van der Waals surface area (Å²) in [5.74, 6) is -0.450. The zero-order valence-corrected chi connectivity index (χ0v) is 11.0. The van der Waals surface area contributed by atoms with Crippen molar-refractivity contribution < 1.29 is 13.2 Å². The molecule has 0 aliphatic heterocycles. The highest BCUT2D eigenvalue weighted by atomic mass is 32.2. The molecule has 0 radical (unpaired) electrons. The number of nitrogens with one attached hydrogen (secondary N) is 1. The summed E-state index contributed by atoms with van der Waals surface area (Å²) in [5, 5.41) is 8.62. The highest BCUT2D eigenvalue weighted by molar-refractivity contribution is 7.88. The third-order valence-corrected chi connectivity index (χ3v) is 3.83. The molecule has 1 aromatic rings. The van der Waals surface area contributed by atoms with Gasteiger partial charge in [0.05, 0.1) is 23.4 Å². The number of nitrogens with zero attached hydrogens (tertiary/aromatic N) is 1. The molecule has 0 saturated carbocycles. The Balaban J connectivity index is 2.76. The molecular weight excluding hydrogens is 252 g/mol. The summed E-state index contributed by atoms with van der Waals surface area (Å²) >= 11 is 0. The first-order valence-electron chi connectivity index (χ1n) is 5.33. The quantitative estimate of drug-likeness (QED) is 0.859. The topological polar surface area (TPSA) is 87.0 Å². The van der Waals surface area contributed by atoms with Gasteiger partial charge in [-0.3, -0.25) is 4.79 Å². The van der Waals surface area contributed by atoms with Gasteiger partial charge in [-0.25, -0.2) is 13.1 Å². The number of hydrogen-bond acceptors (Lipinski definition) is 4. The second kappa shape index (κ2) is 5.76. The minimum absolute atomic E-state index is 0.212. The Morgan fingerprint density at radius 3 is 2.39 bits per heavy atom. The number of Topliss-reactive ketones (excluding diaryl/α,β-unsaturated/α-hetero) is 1. The van der Waals surface area contributed by atoms with Crippen LogP contribution in [0.15, 0.2) is 24.3 Å². The van der Waals surface area contributed by atoms with Gasteiger partial charge in [-0.1, -0.05) is 12.1 Å². The normalized spacial score (nSPS) is 12.7. The second-order valence-corrected chi connectivity index (χ2v) is 5.77. The molecule has 1 atom stereocenters. The van der Waals surface area contributed by atoms with Crippen molar-refractivity contribution in [2.24, 2.45) is 0 Å². The van der Waals surface area contributed by atoms with E-state index in [1.54, 1.807) is 24.3 Å². The molecule has 0 heterocycles. The molecule has 0 bridgehead atoms. The van der Waals surface area contributed by atoms with Crippen molar-refractivity contribution in [1.82, 2.24) is 4.72 Å². The van der Waals surface area contributed by atoms with Crippen LogP contribution in [0.4, 0.5) is 0 Å². The number of rotatable bonds is 5. The van der Waals surface area contributed by atoms with E-state index in [0.717, 1.165) is 0 Å². The van der Waals surface area contributed by atoms with Crippen molar-refractivity contribution in [1.29, 1.82) is 5.26 Å². The summed E-state index contributed by atoms with van der Waals surface area (Å²) in [6.45, 7) is 2.83. The number of nitriles is 1. The van der Waals surface area contributed by atoms with Crippen LogP contribution in [0.3, 0.4) is 0 Å². The van der Waals surface area contributed by atoms with Gasteiger partial charge in [0, 0.05) is 0 Å². The van der Waals surface area contributed by atoms with Gasteiger partial charge in [0.25, 0.3) is 0 Å². The van der Waals surface area contributed by atoms with Gasteiger partial charge in [0.2, 0.25) is 10.0 Å². The van der Waals surface area contributed by atoms with Crippen LogP contribution in [-0.2, 0) is 20.6 Å². The molecule has 0 aliphatic rings. The van der Waals surface area contributed by atoms with E-state index in [1.165, 1.54) is 13.8 Å². The van der Waals surface area contributed by atoms with Crippen LogP contribution in [-0.4, -0.2) is 20.2 Å². The van der Waals surface area contributed by atoms with Gasteiger partial charge in [-0.15, -0.1) is 0 Å². The second-order valence-electron chi connectivity index (χ2n) is 4.02. The highest BCUT2D eigenvalue weighted by Crippen LogP contribution is 2.07. The Hall–Kier alpha value is -1.71. The van der Waals surface area contributed by atoms with Crippen LogP contribution in [0.2, 0.25) is 0 Å². The molecule has 1 aromatic carbocycles.